The Morgan fingerprint density at radius 1 is 1.47 bits per heavy atom. The SMILES string of the molecule is COC(=O)CC1(CSCC(O)CC(=O)O)CC1. The van der Waals surface area contributed by atoms with Gasteiger partial charge in [0.15, 0.2) is 0 Å². The zero-order valence-corrected chi connectivity index (χ0v) is 10.7. The number of carboxylic acids is 1. The summed E-state index contributed by atoms with van der Waals surface area (Å²) in [7, 11) is 1.38. The first-order valence-electron chi connectivity index (χ1n) is 5.52. The van der Waals surface area contributed by atoms with Gasteiger partial charge in [0.1, 0.15) is 0 Å². The summed E-state index contributed by atoms with van der Waals surface area (Å²) in [6.45, 7) is 0. The highest BCUT2D eigenvalue weighted by atomic mass is 32.2. The third kappa shape index (κ3) is 5.41. The van der Waals surface area contributed by atoms with Crippen LogP contribution < -0.4 is 0 Å². The van der Waals surface area contributed by atoms with E-state index in [0.29, 0.717) is 12.2 Å². The van der Waals surface area contributed by atoms with Crippen molar-refractivity contribution in [1.82, 2.24) is 0 Å². The van der Waals surface area contributed by atoms with Crippen LogP contribution in [0.2, 0.25) is 0 Å². The summed E-state index contributed by atoms with van der Waals surface area (Å²) in [5, 5.41) is 17.8. The molecule has 5 nitrogen and oxygen atoms in total. The molecule has 98 valence electrons. The number of aliphatic carboxylic acids is 1. The summed E-state index contributed by atoms with van der Waals surface area (Å²) in [6, 6.07) is 0. The van der Waals surface area contributed by atoms with Crippen molar-refractivity contribution in [3.8, 4) is 0 Å². The highest BCUT2D eigenvalue weighted by Crippen LogP contribution is 2.51. The van der Waals surface area contributed by atoms with E-state index >= 15 is 0 Å². The van der Waals surface area contributed by atoms with Crippen LogP contribution in [-0.4, -0.2) is 46.9 Å². The van der Waals surface area contributed by atoms with Crippen LogP contribution in [0.25, 0.3) is 0 Å². The zero-order chi connectivity index (χ0) is 12.9. The van der Waals surface area contributed by atoms with Crippen molar-refractivity contribution in [2.75, 3.05) is 18.6 Å². The van der Waals surface area contributed by atoms with Crippen molar-refractivity contribution in [1.29, 1.82) is 0 Å². The van der Waals surface area contributed by atoms with E-state index in [0.717, 1.165) is 18.6 Å². The number of aliphatic hydroxyl groups excluding tert-OH is 1. The van der Waals surface area contributed by atoms with Crippen LogP contribution in [0, 0.1) is 5.41 Å². The Kier molecular flexibility index (Phi) is 5.27. The lowest BCUT2D eigenvalue weighted by atomic mass is 10.1. The smallest absolute Gasteiger partial charge is 0.306 e. The van der Waals surface area contributed by atoms with Crippen LogP contribution in [0.5, 0.6) is 0 Å². The molecule has 0 aromatic heterocycles. The molecule has 0 amide bonds. The molecule has 0 spiro atoms. The van der Waals surface area contributed by atoms with E-state index in [2.05, 4.69) is 4.74 Å². The fourth-order valence-corrected chi connectivity index (χ4v) is 2.93. The molecular weight excluding hydrogens is 244 g/mol. The number of methoxy groups -OCH3 is 1. The predicted octanol–water partition coefficient (Wildman–Crippen LogP) is 0.898. The van der Waals surface area contributed by atoms with Crippen molar-refractivity contribution in [2.24, 2.45) is 5.41 Å². The van der Waals surface area contributed by atoms with Crippen molar-refractivity contribution in [3.05, 3.63) is 0 Å². The standard InChI is InChI=1S/C11H18O5S/c1-16-10(15)5-11(2-3-11)7-17-6-8(12)4-9(13)14/h8,12H,2-7H2,1H3,(H,13,14). The van der Waals surface area contributed by atoms with Gasteiger partial charge in [0.2, 0.25) is 0 Å². The largest absolute Gasteiger partial charge is 0.481 e. The summed E-state index contributed by atoms with van der Waals surface area (Å²) in [6.07, 6.45) is 1.39. The Balaban J connectivity index is 2.18. The molecule has 1 fully saturated rings. The van der Waals surface area contributed by atoms with E-state index in [1.54, 1.807) is 0 Å². The second kappa shape index (κ2) is 6.26. The number of esters is 1. The van der Waals surface area contributed by atoms with Crippen molar-refractivity contribution in [2.45, 2.75) is 31.8 Å². The summed E-state index contributed by atoms with van der Waals surface area (Å²) >= 11 is 1.50. The van der Waals surface area contributed by atoms with Gasteiger partial charge in [0, 0.05) is 5.75 Å². The van der Waals surface area contributed by atoms with E-state index in [1.807, 2.05) is 0 Å². The maximum atomic E-state index is 11.2. The normalized spacial score (nSPS) is 18.5. The monoisotopic (exact) mass is 262 g/mol. The first kappa shape index (κ1) is 14.3. The van der Waals surface area contributed by atoms with Gasteiger partial charge in [-0.15, -0.1) is 0 Å². The van der Waals surface area contributed by atoms with Crippen LogP contribution in [0.1, 0.15) is 25.7 Å². The van der Waals surface area contributed by atoms with Crippen LogP contribution in [-0.2, 0) is 14.3 Å². The highest BCUT2D eigenvalue weighted by Gasteiger charge is 2.44. The van der Waals surface area contributed by atoms with Gasteiger partial charge in [-0.05, 0) is 24.0 Å². The van der Waals surface area contributed by atoms with Crippen molar-refractivity contribution >= 4 is 23.7 Å². The third-order valence-corrected chi connectivity index (χ3v) is 4.27. The molecule has 1 aliphatic rings. The van der Waals surface area contributed by atoms with Crippen LogP contribution in [0.15, 0.2) is 0 Å². The second-order valence-corrected chi connectivity index (χ2v) is 5.55. The Bertz CT molecular complexity index is 288. The van der Waals surface area contributed by atoms with E-state index in [9.17, 15) is 14.7 Å². The molecule has 1 aliphatic carbocycles. The molecule has 0 aromatic carbocycles. The molecule has 1 saturated carbocycles. The first-order valence-corrected chi connectivity index (χ1v) is 6.67. The van der Waals surface area contributed by atoms with Crippen molar-refractivity contribution in [3.63, 3.8) is 0 Å². The van der Waals surface area contributed by atoms with Gasteiger partial charge >= 0.3 is 11.9 Å². The number of carboxylic acid groups (broad SMARTS) is 1. The minimum Gasteiger partial charge on any atom is -0.481 e. The molecule has 1 unspecified atom stereocenters. The molecule has 0 aromatic rings. The van der Waals surface area contributed by atoms with Crippen molar-refractivity contribution < 1.29 is 24.5 Å². The number of thioether (sulfide) groups is 1. The van der Waals surface area contributed by atoms with E-state index in [4.69, 9.17) is 5.11 Å². The van der Waals surface area contributed by atoms with Gasteiger partial charge in [-0.3, -0.25) is 9.59 Å². The zero-order valence-electron chi connectivity index (χ0n) is 9.85. The van der Waals surface area contributed by atoms with E-state index in [-0.39, 0.29) is 17.8 Å². The molecule has 0 heterocycles. The molecule has 0 bridgehead atoms. The lowest BCUT2D eigenvalue weighted by molar-refractivity contribution is -0.142. The minimum absolute atomic E-state index is 0.0285. The molecule has 17 heavy (non-hydrogen) atoms. The Labute approximate surface area is 105 Å². The van der Waals surface area contributed by atoms with Gasteiger partial charge in [-0.2, -0.15) is 11.8 Å². The molecule has 1 atom stereocenters. The fraction of sp³-hybridized carbons (Fsp3) is 0.818. The fourth-order valence-electron chi connectivity index (χ4n) is 1.60. The molecule has 6 heteroatoms. The summed E-state index contributed by atoms with van der Waals surface area (Å²) in [5.74, 6) is -0.0171. The number of hydrogen-bond acceptors (Lipinski definition) is 5. The first-order chi connectivity index (χ1) is 7.97. The molecular formula is C11H18O5S. The third-order valence-electron chi connectivity index (χ3n) is 2.83. The molecule has 1 rings (SSSR count). The Morgan fingerprint density at radius 3 is 2.59 bits per heavy atom. The van der Waals surface area contributed by atoms with E-state index < -0.39 is 12.1 Å². The topological polar surface area (TPSA) is 83.8 Å². The summed E-state index contributed by atoms with van der Waals surface area (Å²) < 4.78 is 4.63. The van der Waals surface area contributed by atoms with Gasteiger partial charge < -0.3 is 14.9 Å². The van der Waals surface area contributed by atoms with Crippen LogP contribution in [0.4, 0.5) is 0 Å². The quantitative estimate of drug-likeness (QED) is 0.632. The second-order valence-electron chi connectivity index (χ2n) is 4.52. The number of carbonyl (C=O) groups excluding carboxylic acids is 1. The van der Waals surface area contributed by atoms with E-state index in [1.165, 1.54) is 18.9 Å². The molecule has 0 radical (unpaired) electrons. The number of rotatable bonds is 8. The maximum Gasteiger partial charge on any atom is 0.306 e. The lowest BCUT2D eigenvalue weighted by Crippen LogP contribution is -2.18. The summed E-state index contributed by atoms with van der Waals surface area (Å²) in [5.41, 5.74) is 0.0285. The number of carbonyl (C=O) groups is 2. The number of aliphatic hydroxyl groups is 1. The van der Waals surface area contributed by atoms with Gasteiger partial charge in [-0.1, -0.05) is 0 Å². The summed E-state index contributed by atoms with van der Waals surface area (Å²) in [4.78, 5) is 21.5. The van der Waals surface area contributed by atoms with Gasteiger partial charge in [0.25, 0.3) is 0 Å². The lowest BCUT2D eigenvalue weighted by Gasteiger charge is -2.14. The molecule has 2 N–H and O–H groups in total. The molecule has 0 aliphatic heterocycles. The average molecular weight is 262 g/mol. The molecule has 0 saturated heterocycles. The van der Waals surface area contributed by atoms with Crippen LogP contribution >= 0.6 is 11.8 Å². The van der Waals surface area contributed by atoms with Gasteiger partial charge in [0.05, 0.1) is 26.1 Å². The maximum absolute atomic E-state index is 11.2. The predicted molar refractivity (Wildman–Crippen MR) is 63.9 cm³/mol. The average Bonchev–Trinajstić information content (AvgIpc) is 2.96. The highest BCUT2D eigenvalue weighted by molar-refractivity contribution is 7.99. The number of ether oxygens (including phenoxy) is 1. The Hall–Kier alpha value is -0.750. The number of hydrogen-bond donors (Lipinski definition) is 2. The minimum atomic E-state index is -0.992. The van der Waals surface area contributed by atoms with Crippen LogP contribution in [0.3, 0.4) is 0 Å². The Morgan fingerprint density at radius 2 is 2.12 bits per heavy atom. The van der Waals surface area contributed by atoms with Gasteiger partial charge in [-0.25, -0.2) is 0 Å².